The molecule has 0 aromatic rings. The van der Waals surface area contributed by atoms with Crippen molar-refractivity contribution in [2.45, 2.75) is 6.55 Å². The summed E-state index contributed by atoms with van der Waals surface area (Å²) in [5.74, 6) is 0. The minimum absolute atomic E-state index is 1.31. The summed E-state index contributed by atoms with van der Waals surface area (Å²) in [5, 5.41) is 0. The Morgan fingerprint density at radius 1 is 1.00 bits per heavy atom. The summed E-state index contributed by atoms with van der Waals surface area (Å²) in [5.41, 5.74) is 0. The first kappa shape index (κ1) is 9.49. The number of nitrogens with zero attached hydrogens (tertiary/aromatic N) is 1. The van der Waals surface area contributed by atoms with E-state index in [9.17, 15) is 0 Å². The van der Waals surface area contributed by atoms with Crippen molar-refractivity contribution >= 4 is 10.2 Å². The van der Waals surface area contributed by atoms with Crippen molar-refractivity contribution in [3.63, 3.8) is 0 Å². The van der Waals surface area contributed by atoms with Gasteiger partial charge in [0.15, 0.2) is 0 Å². The molecule has 0 unspecified atom stereocenters. The van der Waals surface area contributed by atoms with E-state index in [4.69, 9.17) is 0 Å². The number of rotatable bonds is 0. The highest BCUT2D eigenvalue weighted by atomic mass is 28.1. The maximum absolute atomic E-state index is 2.14. The van der Waals surface area contributed by atoms with E-state index in [1.165, 1.54) is 10.2 Å². The molecule has 0 aromatic carbocycles. The van der Waals surface area contributed by atoms with Crippen LogP contribution in [0, 0.1) is 0 Å². The molecule has 0 saturated heterocycles. The van der Waals surface area contributed by atoms with Crippen LogP contribution in [0.1, 0.15) is 0 Å². The highest BCUT2D eigenvalue weighted by Crippen LogP contribution is 1.47. The zero-order valence-electron chi connectivity index (χ0n) is 5.45. The van der Waals surface area contributed by atoms with Crippen molar-refractivity contribution < 1.29 is 0 Å². The predicted octanol–water partition coefficient (Wildman–Crippen LogP) is -0.422. The zero-order valence-corrected chi connectivity index (χ0v) is 7.45. The van der Waals surface area contributed by atoms with E-state index in [2.05, 4.69) is 6.55 Å². The molecule has 0 fully saturated rings. The third-order valence-corrected chi connectivity index (χ3v) is 0. The van der Waals surface area contributed by atoms with Gasteiger partial charge in [-0.15, -0.1) is 0 Å². The van der Waals surface area contributed by atoms with Crippen LogP contribution < -0.4 is 0 Å². The maximum Gasteiger partial charge on any atom is -0.000585 e. The van der Waals surface area contributed by atoms with Gasteiger partial charge in [-0.1, -0.05) is 6.55 Å². The highest BCUT2D eigenvalue weighted by Gasteiger charge is 1.58. The van der Waals surface area contributed by atoms with Gasteiger partial charge in [-0.25, -0.2) is 0 Å². The van der Waals surface area contributed by atoms with Crippen LogP contribution in [-0.4, -0.2) is 36.3 Å². The van der Waals surface area contributed by atoms with Crippen molar-refractivity contribution in [1.82, 2.24) is 4.90 Å². The van der Waals surface area contributed by atoms with Crippen LogP contribution in [0.2, 0.25) is 6.55 Å². The second kappa shape index (κ2) is 8.95. The van der Waals surface area contributed by atoms with Gasteiger partial charge >= 0.3 is 0 Å². The molecule has 0 aliphatic rings. The van der Waals surface area contributed by atoms with Crippen LogP contribution in [0.3, 0.4) is 0 Å². The molecule has 40 valence electrons. The normalized spacial score (nSPS) is 7.50. The molecule has 0 bridgehead atoms. The van der Waals surface area contributed by atoms with Crippen LogP contribution in [-0.2, 0) is 0 Å². The minimum atomic E-state index is 1.31. The van der Waals surface area contributed by atoms with Crippen LogP contribution in [0.5, 0.6) is 0 Å². The van der Waals surface area contributed by atoms with Gasteiger partial charge in [0.05, 0.1) is 0 Å². The monoisotopic (exact) mass is 105 g/mol. The smallest absolute Gasteiger partial charge is 0.000585 e. The van der Waals surface area contributed by atoms with Crippen LogP contribution >= 0.6 is 0 Å². The van der Waals surface area contributed by atoms with E-state index in [0.29, 0.717) is 0 Å². The number of hydrogen-bond donors (Lipinski definition) is 0. The molecule has 0 spiro atoms. The van der Waals surface area contributed by atoms with Gasteiger partial charge in [-0.3, -0.25) is 0 Å². The lowest BCUT2D eigenvalue weighted by Gasteiger charge is -1.90. The van der Waals surface area contributed by atoms with Crippen molar-refractivity contribution in [3.05, 3.63) is 0 Å². The zero-order chi connectivity index (χ0) is 5.58. The van der Waals surface area contributed by atoms with E-state index in [1.54, 1.807) is 0 Å². The Hall–Kier alpha value is 0.177. The first-order valence-corrected chi connectivity index (χ1v) is 4.34. The Balaban J connectivity index is 0. The molecule has 0 N–H and O–H groups in total. The van der Waals surface area contributed by atoms with Gasteiger partial charge in [0.25, 0.3) is 0 Å². The first-order chi connectivity index (χ1) is 2.73. The lowest BCUT2D eigenvalue weighted by molar-refractivity contribution is 0.505. The van der Waals surface area contributed by atoms with Crippen molar-refractivity contribution in [2.24, 2.45) is 0 Å². The van der Waals surface area contributed by atoms with E-state index in [0.717, 1.165) is 0 Å². The molecule has 0 radical (unpaired) electrons. The molecule has 0 aliphatic carbocycles. The fraction of sp³-hybridized carbons (Fsp3) is 1.00. The molecular formula is C4H15NSi. The third-order valence-electron chi connectivity index (χ3n) is 0. The minimum Gasteiger partial charge on any atom is -0.312 e. The standard InChI is InChI=1S/C3H9N.CH6Si/c1-4(2)3;1-2/h1-3H3;1-2H3. The Morgan fingerprint density at radius 3 is 1.00 bits per heavy atom. The first-order valence-electron chi connectivity index (χ1n) is 2.34. The van der Waals surface area contributed by atoms with Gasteiger partial charge in [-0.05, 0) is 31.4 Å². The highest BCUT2D eigenvalue weighted by molar-refractivity contribution is 6.05. The molecule has 0 amide bonds. The average molecular weight is 105 g/mol. The van der Waals surface area contributed by atoms with Crippen LogP contribution in [0.15, 0.2) is 0 Å². The molecule has 1 nitrogen and oxygen atoms in total. The molecule has 6 heavy (non-hydrogen) atoms. The summed E-state index contributed by atoms with van der Waals surface area (Å²) >= 11 is 0. The average Bonchev–Trinajstić information content (AvgIpc) is 1.41. The van der Waals surface area contributed by atoms with Crippen molar-refractivity contribution in [3.8, 4) is 0 Å². The van der Waals surface area contributed by atoms with E-state index in [1.807, 2.05) is 26.0 Å². The van der Waals surface area contributed by atoms with E-state index in [-0.39, 0.29) is 0 Å². The topological polar surface area (TPSA) is 3.24 Å². The van der Waals surface area contributed by atoms with Crippen molar-refractivity contribution in [1.29, 1.82) is 0 Å². The van der Waals surface area contributed by atoms with E-state index < -0.39 is 0 Å². The molecule has 0 atom stereocenters. The second-order valence-electron chi connectivity index (χ2n) is 1.34. The SMILES string of the molecule is CN(C)C.C[SiH3]. The second-order valence-corrected chi connectivity index (χ2v) is 1.34. The van der Waals surface area contributed by atoms with E-state index >= 15 is 0 Å². The Labute approximate surface area is 43.8 Å². The Morgan fingerprint density at radius 2 is 1.00 bits per heavy atom. The summed E-state index contributed by atoms with van der Waals surface area (Å²) < 4.78 is 0. The molecule has 0 heterocycles. The van der Waals surface area contributed by atoms with Gasteiger partial charge in [0.1, 0.15) is 0 Å². The number of hydrogen-bond acceptors (Lipinski definition) is 1. The largest absolute Gasteiger partial charge is 0.312 e. The summed E-state index contributed by atoms with van der Waals surface area (Å²) in [4.78, 5) is 2.00. The summed E-state index contributed by atoms with van der Waals surface area (Å²) in [6, 6.07) is 0. The molecule has 0 saturated carbocycles. The maximum atomic E-state index is 2.14. The quantitative estimate of drug-likeness (QED) is 0.378. The van der Waals surface area contributed by atoms with Gasteiger partial charge in [-0.2, -0.15) is 0 Å². The summed E-state index contributed by atoms with van der Waals surface area (Å²) in [6.07, 6.45) is 0. The van der Waals surface area contributed by atoms with Gasteiger partial charge in [0.2, 0.25) is 0 Å². The molecule has 0 aliphatic heterocycles. The lowest BCUT2D eigenvalue weighted by atomic mass is 11.0. The third kappa shape index (κ3) is 1350. The molecule has 0 aromatic heterocycles. The van der Waals surface area contributed by atoms with Crippen molar-refractivity contribution in [2.75, 3.05) is 21.1 Å². The van der Waals surface area contributed by atoms with Crippen LogP contribution in [0.4, 0.5) is 0 Å². The van der Waals surface area contributed by atoms with Gasteiger partial charge in [0, 0.05) is 0 Å². The Bertz CT molecular complexity index is 12.3. The van der Waals surface area contributed by atoms with Gasteiger partial charge < -0.3 is 4.90 Å². The fourth-order valence-electron chi connectivity index (χ4n) is 0. The lowest BCUT2D eigenvalue weighted by Crippen LogP contribution is -1.99. The summed E-state index contributed by atoms with van der Waals surface area (Å²) in [7, 11) is 7.31. The fourth-order valence-corrected chi connectivity index (χ4v) is 0. The Kier molecular flexibility index (Phi) is 14.2. The molecular weight excluding hydrogens is 90.1 g/mol. The predicted molar refractivity (Wildman–Crippen MR) is 35.4 cm³/mol. The summed E-state index contributed by atoms with van der Waals surface area (Å²) in [6.45, 7) is 2.14. The molecule has 2 heteroatoms. The molecule has 0 rings (SSSR count). The van der Waals surface area contributed by atoms with Crippen LogP contribution in [0.25, 0.3) is 0 Å².